The summed E-state index contributed by atoms with van der Waals surface area (Å²) in [5, 5.41) is 3.88. The normalized spacial score (nSPS) is 11.2. The smallest absolute Gasteiger partial charge is 0.267 e. The van der Waals surface area contributed by atoms with Crippen molar-refractivity contribution in [1.29, 1.82) is 0 Å². The zero-order chi connectivity index (χ0) is 20.1. The molecule has 0 bridgehead atoms. The van der Waals surface area contributed by atoms with Crippen molar-refractivity contribution < 1.29 is 9.18 Å². The van der Waals surface area contributed by atoms with Crippen LogP contribution in [0, 0.1) is 5.82 Å². The molecule has 1 heterocycles. The molecule has 1 amide bonds. The van der Waals surface area contributed by atoms with Crippen LogP contribution in [0.15, 0.2) is 82.2 Å². The molecule has 0 atom stereocenters. The summed E-state index contributed by atoms with van der Waals surface area (Å²) in [6, 6.07) is 21.4. The zero-order valence-electron chi connectivity index (χ0n) is 15.2. The molecular weight excluding hydrogens is 405 g/mol. The van der Waals surface area contributed by atoms with Crippen LogP contribution < -0.4 is 5.43 Å². The molecule has 29 heavy (non-hydrogen) atoms. The summed E-state index contributed by atoms with van der Waals surface area (Å²) in [5.74, 6) is 0.113. The molecule has 0 radical (unpaired) electrons. The highest BCUT2D eigenvalue weighted by Gasteiger charge is 2.06. The van der Waals surface area contributed by atoms with Gasteiger partial charge in [-0.25, -0.2) is 14.8 Å². The predicted octanol–water partition coefficient (Wildman–Crippen LogP) is 5.49. The van der Waals surface area contributed by atoms with Crippen molar-refractivity contribution in [3.05, 3.63) is 95.3 Å². The van der Waals surface area contributed by atoms with Gasteiger partial charge in [0.1, 0.15) is 5.82 Å². The van der Waals surface area contributed by atoms with Crippen LogP contribution in [0.25, 0.3) is 10.2 Å². The number of fused-ring (bicyclic) bond motifs is 1. The van der Waals surface area contributed by atoms with E-state index in [2.05, 4.69) is 21.6 Å². The molecule has 0 aliphatic carbocycles. The van der Waals surface area contributed by atoms with Crippen molar-refractivity contribution in [3.8, 4) is 0 Å². The van der Waals surface area contributed by atoms with Crippen molar-refractivity contribution >= 4 is 45.4 Å². The maximum absolute atomic E-state index is 13.1. The van der Waals surface area contributed by atoms with Gasteiger partial charge in [0.25, 0.3) is 5.91 Å². The van der Waals surface area contributed by atoms with Gasteiger partial charge in [0.15, 0.2) is 4.34 Å². The van der Waals surface area contributed by atoms with Crippen LogP contribution in [-0.4, -0.2) is 17.1 Å². The van der Waals surface area contributed by atoms with Crippen LogP contribution in [0.1, 0.15) is 21.5 Å². The Kier molecular flexibility index (Phi) is 5.97. The van der Waals surface area contributed by atoms with Crippen molar-refractivity contribution in [2.45, 2.75) is 10.1 Å². The number of nitrogens with one attached hydrogen (secondary N) is 1. The number of rotatable bonds is 6. The van der Waals surface area contributed by atoms with E-state index in [0.29, 0.717) is 11.1 Å². The van der Waals surface area contributed by atoms with Gasteiger partial charge in [0.2, 0.25) is 0 Å². The third-order valence-corrected chi connectivity index (χ3v) is 6.33. The molecule has 0 saturated carbocycles. The number of aromatic nitrogens is 1. The number of benzene rings is 3. The van der Waals surface area contributed by atoms with Crippen LogP contribution in [0.4, 0.5) is 4.39 Å². The number of carbonyl (C=O) groups is 1. The lowest BCUT2D eigenvalue weighted by atomic mass is 10.1. The maximum Gasteiger partial charge on any atom is 0.271 e. The fourth-order valence-electron chi connectivity index (χ4n) is 2.63. The van der Waals surface area contributed by atoms with E-state index < -0.39 is 0 Å². The number of halogens is 1. The first-order valence-electron chi connectivity index (χ1n) is 8.84. The number of thioether (sulfide) groups is 1. The fraction of sp³-hybridized carbons (Fsp3) is 0.0455. The highest BCUT2D eigenvalue weighted by molar-refractivity contribution is 8.00. The molecule has 0 unspecified atom stereocenters. The number of carbonyl (C=O) groups excluding carboxylic acids is 1. The van der Waals surface area contributed by atoms with Gasteiger partial charge in [-0.3, -0.25) is 4.79 Å². The Morgan fingerprint density at radius 1 is 1.10 bits per heavy atom. The Morgan fingerprint density at radius 3 is 2.72 bits per heavy atom. The first kappa shape index (κ1) is 19.3. The minimum atomic E-state index is -0.348. The second kappa shape index (κ2) is 8.98. The second-order valence-corrected chi connectivity index (χ2v) is 8.44. The Labute approximate surface area is 175 Å². The lowest BCUT2D eigenvalue weighted by Crippen LogP contribution is -2.17. The van der Waals surface area contributed by atoms with Gasteiger partial charge in [0.05, 0.1) is 16.4 Å². The summed E-state index contributed by atoms with van der Waals surface area (Å²) in [7, 11) is 0. The van der Waals surface area contributed by atoms with Crippen LogP contribution in [-0.2, 0) is 5.75 Å². The molecule has 0 saturated heterocycles. The molecule has 7 heteroatoms. The standard InChI is InChI=1S/C22H16FN3OS2/c23-18-5-3-4-16(12-18)13-24-26-21(27)17-10-8-15(9-11-17)14-28-22-25-19-6-1-2-7-20(19)29-22/h1-13H,14H2,(H,26,27). The number of hydrogen-bond acceptors (Lipinski definition) is 5. The third kappa shape index (κ3) is 5.07. The molecule has 3 aromatic carbocycles. The van der Waals surface area contributed by atoms with E-state index in [1.165, 1.54) is 23.0 Å². The summed E-state index contributed by atoms with van der Waals surface area (Å²) in [6.07, 6.45) is 1.41. The highest BCUT2D eigenvalue weighted by Crippen LogP contribution is 2.31. The molecule has 0 aliphatic rings. The highest BCUT2D eigenvalue weighted by atomic mass is 32.2. The number of nitrogens with zero attached hydrogens (tertiary/aromatic N) is 2. The zero-order valence-corrected chi connectivity index (χ0v) is 16.8. The van der Waals surface area contributed by atoms with E-state index in [0.717, 1.165) is 21.2 Å². The van der Waals surface area contributed by atoms with Crippen molar-refractivity contribution in [3.63, 3.8) is 0 Å². The predicted molar refractivity (Wildman–Crippen MR) is 117 cm³/mol. The molecule has 0 aliphatic heterocycles. The van der Waals surface area contributed by atoms with Crippen LogP contribution in [0.2, 0.25) is 0 Å². The third-order valence-electron chi connectivity index (χ3n) is 4.08. The number of amides is 1. The molecule has 4 nitrogen and oxygen atoms in total. The Bertz CT molecular complexity index is 1140. The number of thiazole rings is 1. The first-order valence-corrected chi connectivity index (χ1v) is 10.6. The van der Waals surface area contributed by atoms with Gasteiger partial charge in [-0.2, -0.15) is 5.10 Å². The molecule has 0 fully saturated rings. The molecule has 1 N–H and O–H groups in total. The average molecular weight is 422 g/mol. The molecule has 4 rings (SSSR count). The van der Waals surface area contributed by atoms with Gasteiger partial charge >= 0.3 is 0 Å². The quantitative estimate of drug-likeness (QED) is 0.254. The van der Waals surface area contributed by atoms with E-state index >= 15 is 0 Å². The Balaban J connectivity index is 1.32. The van der Waals surface area contributed by atoms with Crippen molar-refractivity contribution in [2.24, 2.45) is 5.10 Å². The summed E-state index contributed by atoms with van der Waals surface area (Å²) in [5.41, 5.74) is 5.66. The van der Waals surface area contributed by atoms with Crippen LogP contribution in [0.5, 0.6) is 0 Å². The number of para-hydroxylation sites is 1. The molecular formula is C22H16FN3OS2. The lowest BCUT2D eigenvalue weighted by Gasteiger charge is -2.03. The van der Waals surface area contributed by atoms with E-state index in [1.807, 2.05) is 30.3 Å². The van der Waals surface area contributed by atoms with Gasteiger partial charge in [-0.1, -0.05) is 48.2 Å². The fourth-order valence-corrected chi connectivity index (χ4v) is 4.65. The van der Waals surface area contributed by atoms with Gasteiger partial charge < -0.3 is 0 Å². The first-order chi connectivity index (χ1) is 14.2. The maximum atomic E-state index is 13.1. The number of hydrazone groups is 1. The van der Waals surface area contributed by atoms with E-state index in [-0.39, 0.29) is 11.7 Å². The minimum Gasteiger partial charge on any atom is -0.267 e. The van der Waals surface area contributed by atoms with Crippen LogP contribution >= 0.6 is 23.1 Å². The lowest BCUT2D eigenvalue weighted by molar-refractivity contribution is 0.0955. The SMILES string of the molecule is O=C(NN=Cc1cccc(F)c1)c1ccc(CSc2nc3ccccc3s2)cc1. The number of hydrogen-bond donors (Lipinski definition) is 1. The summed E-state index contributed by atoms with van der Waals surface area (Å²) >= 11 is 3.36. The molecule has 144 valence electrons. The molecule has 4 aromatic rings. The van der Waals surface area contributed by atoms with Crippen molar-refractivity contribution in [1.82, 2.24) is 10.4 Å². The Morgan fingerprint density at radius 2 is 1.93 bits per heavy atom. The summed E-state index contributed by atoms with van der Waals surface area (Å²) in [4.78, 5) is 16.8. The van der Waals surface area contributed by atoms with Gasteiger partial charge in [-0.15, -0.1) is 11.3 Å². The van der Waals surface area contributed by atoms with E-state index in [9.17, 15) is 9.18 Å². The summed E-state index contributed by atoms with van der Waals surface area (Å²) in [6.45, 7) is 0. The monoisotopic (exact) mass is 421 g/mol. The summed E-state index contributed by atoms with van der Waals surface area (Å²) < 4.78 is 15.3. The second-order valence-electron chi connectivity index (χ2n) is 6.19. The molecule has 0 spiro atoms. The van der Waals surface area contributed by atoms with Crippen molar-refractivity contribution in [2.75, 3.05) is 0 Å². The Hall–Kier alpha value is -3.03. The van der Waals surface area contributed by atoms with Crippen LogP contribution in [0.3, 0.4) is 0 Å². The van der Waals surface area contributed by atoms with Gasteiger partial charge in [0, 0.05) is 11.3 Å². The van der Waals surface area contributed by atoms with E-state index in [4.69, 9.17) is 0 Å². The minimum absolute atomic E-state index is 0.317. The van der Waals surface area contributed by atoms with Gasteiger partial charge in [-0.05, 0) is 47.5 Å². The average Bonchev–Trinajstić information content (AvgIpc) is 3.16. The molecule has 1 aromatic heterocycles. The topological polar surface area (TPSA) is 54.4 Å². The largest absolute Gasteiger partial charge is 0.271 e. The van der Waals surface area contributed by atoms with E-state index in [1.54, 1.807) is 47.4 Å².